The number of ether oxygens (including phenoxy) is 1. The van der Waals surface area contributed by atoms with E-state index in [0.717, 1.165) is 0 Å². The molecule has 1 aliphatic heterocycles. The molecule has 0 saturated carbocycles. The molecular formula is C12H23NO3. The van der Waals surface area contributed by atoms with E-state index in [1.54, 1.807) is 18.9 Å². The molecule has 0 aromatic rings. The Morgan fingerprint density at radius 2 is 1.94 bits per heavy atom. The van der Waals surface area contributed by atoms with Crippen molar-refractivity contribution < 1.29 is 14.6 Å². The van der Waals surface area contributed by atoms with E-state index in [9.17, 15) is 9.90 Å². The summed E-state index contributed by atoms with van der Waals surface area (Å²) in [6, 6.07) is 0. The second-order valence-corrected chi connectivity index (χ2v) is 5.00. The van der Waals surface area contributed by atoms with Crippen molar-refractivity contribution in [3.8, 4) is 0 Å². The van der Waals surface area contributed by atoms with Gasteiger partial charge in [-0.05, 0) is 26.7 Å². The van der Waals surface area contributed by atoms with E-state index in [1.807, 2.05) is 20.8 Å². The molecule has 1 heterocycles. The highest BCUT2D eigenvalue weighted by atomic mass is 16.5. The van der Waals surface area contributed by atoms with Crippen LogP contribution in [0.2, 0.25) is 0 Å². The zero-order valence-electron chi connectivity index (χ0n) is 10.8. The van der Waals surface area contributed by atoms with Crippen molar-refractivity contribution in [1.82, 2.24) is 4.90 Å². The average Bonchev–Trinajstić information content (AvgIpc) is 2.39. The third-order valence-corrected chi connectivity index (χ3v) is 3.44. The van der Waals surface area contributed by atoms with Gasteiger partial charge in [0.15, 0.2) is 0 Å². The van der Waals surface area contributed by atoms with Crippen LogP contribution in [0, 0.1) is 11.8 Å². The first-order valence-electron chi connectivity index (χ1n) is 5.93. The van der Waals surface area contributed by atoms with Gasteiger partial charge in [-0.1, -0.05) is 6.92 Å². The molecule has 0 aromatic carbocycles. The van der Waals surface area contributed by atoms with E-state index in [0.29, 0.717) is 6.54 Å². The van der Waals surface area contributed by atoms with Gasteiger partial charge in [-0.15, -0.1) is 0 Å². The van der Waals surface area contributed by atoms with Crippen molar-refractivity contribution in [2.75, 3.05) is 13.6 Å². The number of aliphatic hydroxyl groups excluding tert-OH is 1. The van der Waals surface area contributed by atoms with Crippen molar-refractivity contribution in [2.24, 2.45) is 11.8 Å². The molecule has 1 N–H and O–H groups in total. The Kier molecular flexibility index (Phi) is 4.33. The lowest BCUT2D eigenvalue weighted by Crippen LogP contribution is -2.41. The maximum Gasteiger partial charge on any atom is 0.228 e. The Labute approximate surface area is 97.6 Å². The predicted octanol–water partition coefficient (Wildman–Crippen LogP) is 0.885. The minimum absolute atomic E-state index is 0.0334. The summed E-state index contributed by atoms with van der Waals surface area (Å²) >= 11 is 0. The van der Waals surface area contributed by atoms with E-state index in [1.165, 1.54) is 0 Å². The largest absolute Gasteiger partial charge is 0.392 e. The highest BCUT2D eigenvalue weighted by Crippen LogP contribution is 2.33. The van der Waals surface area contributed by atoms with Gasteiger partial charge < -0.3 is 14.7 Å². The smallest absolute Gasteiger partial charge is 0.228 e. The maximum atomic E-state index is 12.2. The normalized spacial score (nSPS) is 36.1. The highest BCUT2D eigenvalue weighted by molar-refractivity contribution is 5.79. The van der Waals surface area contributed by atoms with Crippen LogP contribution in [0.25, 0.3) is 0 Å². The Morgan fingerprint density at radius 3 is 2.31 bits per heavy atom. The number of amides is 1. The standard InChI is InChI=1S/C12H23NO3/c1-7(14)6-13(5)12(15)11-8(2)9(3)16-10(11)4/h7-11,14H,6H2,1-5H3. The molecule has 1 fully saturated rings. The van der Waals surface area contributed by atoms with Gasteiger partial charge in [-0.25, -0.2) is 0 Å². The fourth-order valence-electron chi connectivity index (χ4n) is 2.43. The fourth-order valence-corrected chi connectivity index (χ4v) is 2.43. The number of hydrogen-bond donors (Lipinski definition) is 1. The summed E-state index contributed by atoms with van der Waals surface area (Å²) in [6.45, 7) is 8.06. The minimum Gasteiger partial charge on any atom is -0.392 e. The summed E-state index contributed by atoms with van der Waals surface area (Å²) in [5.41, 5.74) is 0. The molecule has 16 heavy (non-hydrogen) atoms. The molecule has 5 unspecified atom stereocenters. The van der Waals surface area contributed by atoms with Crippen LogP contribution in [0.5, 0.6) is 0 Å². The summed E-state index contributed by atoms with van der Waals surface area (Å²) in [4.78, 5) is 13.8. The molecule has 0 spiro atoms. The molecule has 94 valence electrons. The van der Waals surface area contributed by atoms with Crippen LogP contribution in [0.4, 0.5) is 0 Å². The highest BCUT2D eigenvalue weighted by Gasteiger charge is 2.42. The quantitative estimate of drug-likeness (QED) is 0.781. The molecule has 4 heteroatoms. The van der Waals surface area contributed by atoms with E-state index in [4.69, 9.17) is 4.74 Å². The third kappa shape index (κ3) is 2.74. The summed E-state index contributed by atoms with van der Waals surface area (Å²) in [6.07, 6.45) is -0.392. The summed E-state index contributed by atoms with van der Waals surface area (Å²) in [5, 5.41) is 9.27. The van der Waals surface area contributed by atoms with E-state index in [-0.39, 0.29) is 30.0 Å². The van der Waals surface area contributed by atoms with Crippen molar-refractivity contribution >= 4 is 5.91 Å². The zero-order valence-corrected chi connectivity index (χ0v) is 10.8. The SMILES string of the molecule is CC(O)CN(C)C(=O)C1C(C)OC(C)C1C. The van der Waals surface area contributed by atoms with Gasteiger partial charge in [0, 0.05) is 13.6 Å². The first kappa shape index (κ1) is 13.5. The lowest BCUT2D eigenvalue weighted by molar-refractivity contribution is -0.137. The van der Waals surface area contributed by atoms with E-state index >= 15 is 0 Å². The van der Waals surface area contributed by atoms with E-state index in [2.05, 4.69) is 0 Å². The van der Waals surface area contributed by atoms with Gasteiger partial charge >= 0.3 is 0 Å². The van der Waals surface area contributed by atoms with Gasteiger partial charge in [0.25, 0.3) is 0 Å². The first-order valence-corrected chi connectivity index (χ1v) is 5.93. The second kappa shape index (κ2) is 5.15. The third-order valence-electron chi connectivity index (χ3n) is 3.44. The molecule has 1 amide bonds. The van der Waals surface area contributed by atoms with Crippen molar-refractivity contribution in [2.45, 2.75) is 46.0 Å². The van der Waals surface area contributed by atoms with Crippen LogP contribution in [0.1, 0.15) is 27.7 Å². The van der Waals surface area contributed by atoms with Crippen molar-refractivity contribution in [1.29, 1.82) is 0 Å². The van der Waals surface area contributed by atoms with Crippen LogP contribution in [-0.4, -0.2) is 47.8 Å². The van der Waals surface area contributed by atoms with Gasteiger partial charge in [-0.3, -0.25) is 4.79 Å². The molecule has 0 aliphatic carbocycles. The molecule has 0 radical (unpaired) electrons. The maximum absolute atomic E-state index is 12.2. The van der Waals surface area contributed by atoms with Gasteiger partial charge in [0.05, 0.1) is 24.2 Å². The second-order valence-electron chi connectivity index (χ2n) is 5.00. The topological polar surface area (TPSA) is 49.8 Å². The number of likely N-dealkylation sites (N-methyl/N-ethyl adjacent to an activating group) is 1. The summed E-state index contributed by atoms with van der Waals surface area (Å²) in [5.74, 6) is 0.225. The van der Waals surface area contributed by atoms with Gasteiger partial charge in [0.1, 0.15) is 0 Å². The summed E-state index contributed by atoms with van der Waals surface area (Å²) < 4.78 is 5.65. The van der Waals surface area contributed by atoms with E-state index < -0.39 is 6.10 Å². The Balaban J connectivity index is 2.66. The minimum atomic E-state index is -0.487. The Morgan fingerprint density at radius 1 is 1.38 bits per heavy atom. The molecule has 0 bridgehead atoms. The lowest BCUT2D eigenvalue weighted by Gasteiger charge is -2.25. The summed E-state index contributed by atoms with van der Waals surface area (Å²) in [7, 11) is 1.73. The zero-order chi connectivity index (χ0) is 12.5. The molecule has 4 nitrogen and oxygen atoms in total. The van der Waals surface area contributed by atoms with Crippen LogP contribution >= 0.6 is 0 Å². The van der Waals surface area contributed by atoms with Crippen molar-refractivity contribution in [3.05, 3.63) is 0 Å². The monoisotopic (exact) mass is 229 g/mol. The molecular weight excluding hydrogens is 206 g/mol. The van der Waals surface area contributed by atoms with Gasteiger partial charge in [0.2, 0.25) is 5.91 Å². The molecule has 1 saturated heterocycles. The van der Waals surface area contributed by atoms with Gasteiger partial charge in [-0.2, -0.15) is 0 Å². The average molecular weight is 229 g/mol. The fraction of sp³-hybridized carbons (Fsp3) is 0.917. The van der Waals surface area contributed by atoms with Crippen LogP contribution < -0.4 is 0 Å². The number of carbonyl (C=O) groups excluding carboxylic acids is 1. The van der Waals surface area contributed by atoms with Crippen LogP contribution in [0.3, 0.4) is 0 Å². The lowest BCUT2D eigenvalue weighted by atomic mass is 9.88. The molecule has 5 atom stereocenters. The number of hydrogen-bond acceptors (Lipinski definition) is 3. The Hall–Kier alpha value is -0.610. The number of carbonyl (C=O) groups is 1. The Bertz CT molecular complexity index is 255. The number of nitrogens with zero attached hydrogens (tertiary/aromatic N) is 1. The molecule has 1 aliphatic rings. The van der Waals surface area contributed by atoms with Crippen LogP contribution in [0.15, 0.2) is 0 Å². The first-order chi connectivity index (χ1) is 7.34. The molecule has 0 aromatic heterocycles. The van der Waals surface area contributed by atoms with Crippen LogP contribution in [-0.2, 0) is 9.53 Å². The predicted molar refractivity (Wildman–Crippen MR) is 62.0 cm³/mol. The van der Waals surface area contributed by atoms with Crippen molar-refractivity contribution in [3.63, 3.8) is 0 Å². The number of rotatable bonds is 3. The molecule has 1 rings (SSSR count). The number of aliphatic hydroxyl groups is 1.